The van der Waals surface area contributed by atoms with Crippen molar-refractivity contribution in [1.82, 2.24) is 15.2 Å². The molecule has 1 saturated carbocycles. The third-order valence-corrected chi connectivity index (χ3v) is 10.9. The van der Waals surface area contributed by atoms with Gasteiger partial charge in [-0.1, -0.05) is 53.5 Å². The number of carbonyl (C=O) groups is 2. The second-order valence-electron chi connectivity index (χ2n) is 14.2. The number of pyridine rings is 1. The molecule has 0 spiro atoms. The summed E-state index contributed by atoms with van der Waals surface area (Å²) in [5.41, 5.74) is 2.33. The molecule has 4 heterocycles. The van der Waals surface area contributed by atoms with E-state index < -0.39 is 36.5 Å². The van der Waals surface area contributed by atoms with E-state index in [0.29, 0.717) is 47.2 Å². The van der Waals surface area contributed by atoms with Crippen LogP contribution in [0.3, 0.4) is 0 Å². The molecule has 3 saturated heterocycles. The van der Waals surface area contributed by atoms with E-state index in [1.807, 2.05) is 0 Å². The van der Waals surface area contributed by atoms with Crippen LogP contribution in [-0.2, 0) is 27.2 Å². The Labute approximate surface area is 327 Å². The Bertz CT molecular complexity index is 1960. The Morgan fingerprint density at radius 2 is 1.64 bits per heavy atom. The lowest BCUT2D eigenvalue weighted by Crippen LogP contribution is -2.52. The number of fused-ring (bicyclic) bond motifs is 3. The molecule has 4 aliphatic rings. The van der Waals surface area contributed by atoms with Gasteiger partial charge in [0.05, 0.1) is 22.2 Å². The summed E-state index contributed by atoms with van der Waals surface area (Å²) in [5, 5.41) is 3.77. The Balaban J connectivity index is 1.10. The van der Waals surface area contributed by atoms with Crippen molar-refractivity contribution in [2.45, 2.75) is 63.5 Å². The molecule has 4 fully saturated rings. The molecule has 1 aliphatic carbocycles. The van der Waals surface area contributed by atoms with Crippen LogP contribution in [0.1, 0.15) is 70.4 Å². The first-order valence-corrected chi connectivity index (χ1v) is 19.1. The maximum Gasteiger partial charge on any atom is 0.387 e. The number of benzene rings is 3. The molecule has 0 amide bonds. The maximum atomic E-state index is 13.9. The number of alkyl halides is 2. The molecule has 1 N–H and O–H groups in total. The second-order valence-corrected chi connectivity index (χ2v) is 15.0. The van der Waals surface area contributed by atoms with E-state index in [-0.39, 0.29) is 46.2 Å². The fourth-order valence-corrected chi connectivity index (χ4v) is 7.57. The van der Waals surface area contributed by atoms with Crippen LogP contribution in [0.4, 0.5) is 13.2 Å². The maximum absolute atomic E-state index is 13.9. The van der Waals surface area contributed by atoms with Gasteiger partial charge in [-0.15, -0.1) is 0 Å². The van der Waals surface area contributed by atoms with Gasteiger partial charge < -0.3 is 18.9 Å². The van der Waals surface area contributed by atoms with Gasteiger partial charge in [0, 0.05) is 31.9 Å². The number of nitrogens with one attached hydrogen (secondary N) is 1. The number of carbonyl (C=O) groups excluding carboxylic acids is 2. The fourth-order valence-electron chi connectivity index (χ4n) is 7.05. The van der Waals surface area contributed by atoms with Crippen molar-refractivity contribution in [3.05, 3.63) is 123 Å². The van der Waals surface area contributed by atoms with Crippen molar-refractivity contribution < 1.29 is 41.7 Å². The van der Waals surface area contributed by atoms with Crippen LogP contribution in [0, 0.1) is 17.7 Å². The molecule has 8 rings (SSSR count). The van der Waals surface area contributed by atoms with Gasteiger partial charge in [-0.2, -0.15) is 8.78 Å². The van der Waals surface area contributed by atoms with Crippen LogP contribution in [0.2, 0.25) is 10.0 Å². The van der Waals surface area contributed by atoms with E-state index in [9.17, 15) is 22.8 Å². The SMILES string of the molecule is O=C(OC(Cc1c(Cl)cncc1Cl)c1ccc(OC(F)F)c(OCC2CC2)c1)c1cccc(CNC(C(=O)O[C@H]2CN3CCC2CC3)c2ccc(F)cc2)c1. The molecule has 3 atom stereocenters. The zero-order valence-electron chi connectivity index (χ0n) is 29.8. The second kappa shape index (κ2) is 17.6. The third-order valence-electron chi connectivity index (χ3n) is 10.3. The monoisotopic (exact) mass is 797 g/mol. The van der Waals surface area contributed by atoms with Crippen molar-refractivity contribution >= 4 is 35.1 Å². The topological polar surface area (TPSA) is 99.2 Å². The summed E-state index contributed by atoms with van der Waals surface area (Å²) in [5.74, 6) is -0.975. The highest BCUT2D eigenvalue weighted by Gasteiger charge is 2.38. The summed E-state index contributed by atoms with van der Waals surface area (Å²) in [7, 11) is 0. The van der Waals surface area contributed by atoms with Crippen molar-refractivity contribution in [3.8, 4) is 11.5 Å². The lowest BCUT2D eigenvalue weighted by Gasteiger charge is -2.44. The number of rotatable bonds is 16. The highest BCUT2D eigenvalue weighted by atomic mass is 35.5. The van der Waals surface area contributed by atoms with Crippen LogP contribution in [0.5, 0.6) is 11.5 Å². The number of hydrogen-bond acceptors (Lipinski definition) is 9. The fraction of sp³-hybridized carbons (Fsp3) is 0.390. The molecule has 3 aromatic carbocycles. The smallest absolute Gasteiger partial charge is 0.387 e. The summed E-state index contributed by atoms with van der Waals surface area (Å²) >= 11 is 12.9. The molecule has 1 aromatic heterocycles. The standard InChI is InChI=1S/C41H40Cl2F3N3O6/c42-32-20-47-21-33(43)31(32)18-35(28-8-11-34(55-41(45)46)36(17-28)52-23-24-4-5-24)53-39(50)29-3-1-2-25(16-29)19-48-38(27-6-9-30(44)10-7-27)40(51)54-37-22-49-14-12-26(37)13-15-49/h1-3,6-11,16-17,20-21,24,26,35,37-38,41,48H,4-5,12-15,18-19,22-23H2/t35?,37-,38?/m0/s1. The first kappa shape index (κ1) is 38.9. The van der Waals surface area contributed by atoms with Gasteiger partial charge in [0.25, 0.3) is 0 Å². The normalized spacial score (nSPS) is 20.1. The van der Waals surface area contributed by atoms with Crippen LogP contribution in [-0.4, -0.2) is 60.8 Å². The van der Waals surface area contributed by atoms with Crippen LogP contribution in [0.15, 0.2) is 79.1 Å². The highest BCUT2D eigenvalue weighted by Crippen LogP contribution is 2.38. The molecule has 55 heavy (non-hydrogen) atoms. The van der Waals surface area contributed by atoms with E-state index in [1.54, 1.807) is 36.4 Å². The average Bonchev–Trinajstić information content (AvgIpc) is 4.01. The van der Waals surface area contributed by atoms with E-state index in [2.05, 4.69) is 15.2 Å². The summed E-state index contributed by atoms with van der Waals surface area (Å²) in [6, 6.07) is 15.9. The number of hydrogen-bond donors (Lipinski definition) is 1. The van der Waals surface area contributed by atoms with Gasteiger partial charge in [0.2, 0.25) is 0 Å². The number of piperidine rings is 3. The third kappa shape index (κ3) is 10.1. The van der Waals surface area contributed by atoms with E-state index in [1.165, 1.54) is 42.7 Å². The molecule has 3 aliphatic heterocycles. The number of halogens is 5. The summed E-state index contributed by atoms with van der Waals surface area (Å²) in [4.78, 5) is 33.8. The minimum atomic E-state index is -3.07. The molecular weight excluding hydrogens is 758 g/mol. The molecule has 2 bridgehead atoms. The number of nitrogens with zero attached hydrogens (tertiary/aromatic N) is 2. The first-order chi connectivity index (χ1) is 26.6. The van der Waals surface area contributed by atoms with Gasteiger partial charge in [-0.05, 0) is 109 Å². The van der Waals surface area contributed by atoms with Crippen LogP contribution < -0.4 is 14.8 Å². The zero-order valence-corrected chi connectivity index (χ0v) is 31.3. The number of esters is 2. The van der Waals surface area contributed by atoms with Crippen molar-refractivity contribution in [2.24, 2.45) is 11.8 Å². The first-order valence-electron chi connectivity index (χ1n) is 18.3. The highest BCUT2D eigenvalue weighted by molar-refractivity contribution is 6.35. The van der Waals surface area contributed by atoms with Crippen molar-refractivity contribution in [1.29, 1.82) is 0 Å². The van der Waals surface area contributed by atoms with Gasteiger partial charge in [0.15, 0.2) is 11.5 Å². The van der Waals surface area contributed by atoms with E-state index in [0.717, 1.165) is 38.8 Å². The Hall–Kier alpha value is -4.36. The summed E-state index contributed by atoms with van der Waals surface area (Å²) < 4.78 is 63.2. The zero-order chi connectivity index (χ0) is 38.5. The van der Waals surface area contributed by atoms with Gasteiger partial charge >= 0.3 is 18.6 Å². The van der Waals surface area contributed by atoms with Crippen molar-refractivity contribution in [3.63, 3.8) is 0 Å². The van der Waals surface area contributed by atoms with Gasteiger partial charge in [-0.25, -0.2) is 14.0 Å². The van der Waals surface area contributed by atoms with Gasteiger partial charge in [0.1, 0.15) is 24.1 Å². The summed E-state index contributed by atoms with van der Waals surface area (Å²) in [6.07, 6.45) is 5.61. The lowest BCUT2D eigenvalue weighted by molar-refractivity contribution is -0.161. The summed E-state index contributed by atoms with van der Waals surface area (Å²) in [6.45, 7) is 0.122. The average molecular weight is 799 g/mol. The molecule has 4 aromatic rings. The number of ether oxygens (including phenoxy) is 4. The van der Waals surface area contributed by atoms with Crippen LogP contribution >= 0.6 is 23.2 Å². The Morgan fingerprint density at radius 3 is 2.31 bits per heavy atom. The molecule has 290 valence electrons. The molecule has 9 nitrogen and oxygen atoms in total. The minimum Gasteiger partial charge on any atom is -0.489 e. The molecule has 2 unspecified atom stereocenters. The lowest BCUT2D eigenvalue weighted by atomic mass is 9.86. The predicted octanol–water partition coefficient (Wildman–Crippen LogP) is 8.53. The quantitative estimate of drug-likeness (QED) is 0.112. The molecule has 0 radical (unpaired) electrons. The Morgan fingerprint density at radius 1 is 0.909 bits per heavy atom. The minimum absolute atomic E-state index is 0.0331. The van der Waals surface area contributed by atoms with E-state index in [4.69, 9.17) is 42.1 Å². The van der Waals surface area contributed by atoms with Gasteiger partial charge in [-0.3, -0.25) is 15.2 Å². The van der Waals surface area contributed by atoms with Crippen molar-refractivity contribution in [2.75, 3.05) is 26.2 Å². The number of aromatic nitrogens is 1. The Kier molecular flexibility index (Phi) is 12.5. The molecular formula is C41H40Cl2F3N3O6. The predicted molar refractivity (Wildman–Crippen MR) is 199 cm³/mol. The molecule has 14 heteroatoms. The van der Waals surface area contributed by atoms with Crippen LogP contribution in [0.25, 0.3) is 0 Å². The van der Waals surface area contributed by atoms with E-state index >= 15 is 0 Å². The largest absolute Gasteiger partial charge is 0.489 e.